The van der Waals surface area contributed by atoms with E-state index >= 15 is 0 Å². The molecule has 0 aliphatic heterocycles. The zero-order valence-electron chi connectivity index (χ0n) is 8.78. The van der Waals surface area contributed by atoms with Crippen LogP contribution in [0, 0.1) is 6.92 Å². The summed E-state index contributed by atoms with van der Waals surface area (Å²) in [6.07, 6.45) is 2.58. The van der Waals surface area contributed by atoms with Crippen molar-refractivity contribution in [2.24, 2.45) is 0 Å². The normalized spacial score (nSPS) is 12.7. The van der Waals surface area contributed by atoms with E-state index in [4.69, 9.17) is 23.2 Å². The molecule has 1 heterocycles. The van der Waals surface area contributed by atoms with E-state index in [-0.39, 0.29) is 5.38 Å². The lowest BCUT2D eigenvalue weighted by Crippen LogP contribution is -1.94. The molecule has 1 unspecified atom stereocenters. The number of alkyl halides is 1. The molecule has 1 nitrogen and oxygen atoms in total. The van der Waals surface area contributed by atoms with Crippen molar-refractivity contribution in [2.75, 3.05) is 0 Å². The highest BCUT2D eigenvalue weighted by atomic mass is 35.5. The van der Waals surface area contributed by atoms with Crippen LogP contribution in [0.25, 0.3) is 0 Å². The molecule has 4 heteroatoms. The highest BCUT2D eigenvalue weighted by molar-refractivity contribution is 7.11. The zero-order valence-corrected chi connectivity index (χ0v) is 11.1. The van der Waals surface area contributed by atoms with Crippen LogP contribution in [0.5, 0.6) is 0 Å². The third-order valence-corrected chi connectivity index (χ3v) is 4.22. The molecule has 0 saturated heterocycles. The van der Waals surface area contributed by atoms with Gasteiger partial charge in [0.2, 0.25) is 0 Å². The fraction of sp³-hybridized carbons (Fsp3) is 0.250. The van der Waals surface area contributed by atoms with Gasteiger partial charge in [0, 0.05) is 16.1 Å². The van der Waals surface area contributed by atoms with E-state index in [9.17, 15) is 0 Å². The van der Waals surface area contributed by atoms with Crippen molar-refractivity contribution in [1.82, 2.24) is 4.98 Å². The van der Waals surface area contributed by atoms with Gasteiger partial charge in [0.15, 0.2) is 0 Å². The van der Waals surface area contributed by atoms with Gasteiger partial charge >= 0.3 is 0 Å². The smallest absolute Gasteiger partial charge is 0.0897 e. The summed E-state index contributed by atoms with van der Waals surface area (Å²) in [5, 5.41) is 1.76. The Morgan fingerprint density at radius 2 is 2.12 bits per heavy atom. The van der Waals surface area contributed by atoms with Crippen molar-refractivity contribution in [1.29, 1.82) is 0 Å². The van der Waals surface area contributed by atoms with E-state index < -0.39 is 0 Å². The van der Waals surface area contributed by atoms with Gasteiger partial charge in [-0.15, -0.1) is 22.9 Å². The predicted octanol–water partition coefficient (Wildman–Crippen LogP) is 4.63. The Morgan fingerprint density at radius 1 is 1.38 bits per heavy atom. The number of aromatic nitrogens is 1. The van der Waals surface area contributed by atoms with E-state index in [1.807, 2.05) is 37.4 Å². The van der Waals surface area contributed by atoms with Crippen LogP contribution in [-0.4, -0.2) is 4.98 Å². The topological polar surface area (TPSA) is 12.9 Å². The number of aryl methyl sites for hydroxylation is 1. The van der Waals surface area contributed by atoms with E-state index in [0.29, 0.717) is 0 Å². The standard InChI is InChI=1S/C12H11Cl2NS/c1-8-15-7-12(16-8)11(14)6-9-4-2-3-5-10(9)13/h2-5,7,11H,6H2,1H3. The Kier molecular flexibility index (Phi) is 3.85. The number of hydrogen-bond donors (Lipinski definition) is 0. The lowest BCUT2D eigenvalue weighted by atomic mass is 10.1. The maximum atomic E-state index is 6.34. The first-order chi connectivity index (χ1) is 7.66. The molecular weight excluding hydrogens is 261 g/mol. The van der Waals surface area contributed by atoms with Gasteiger partial charge in [-0.05, 0) is 25.0 Å². The molecule has 0 fully saturated rings. The van der Waals surface area contributed by atoms with Crippen molar-refractivity contribution in [3.05, 3.63) is 50.9 Å². The van der Waals surface area contributed by atoms with E-state index in [2.05, 4.69) is 4.98 Å². The maximum absolute atomic E-state index is 6.34. The number of benzene rings is 1. The molecule has 0 spiro atoms. The van der Waals surface area contributed by atoms with Crippen LogP contribution in [0.15, 0.2) is 30.5 Å². The first kappa shape index (κ1) is 11.9. The minimum absolute atomic E-state index is 0.0499. The molecule has 2 rings (SSSR count). The lowest BCUT2D eigenvalue weighted by molar-refractivity contribution is 0.936. The SMILES string of the molecule is Cc1ncc(C(Cl)Cc2ccccc2Cl)s1. The van der Waals surface area contributed by atoms with Crippen molar-refractivity contribution in [3.63, 3.8) is 0 Å². The van der Waals surface area contributed by atoms with Crippen molar-refractivity contribution < 1.29 is 0 Å². The molecule has 0 aliphatic rings. The van der Waals surface area contributed by atoms with E-state index in [1.54, 1.807) is 11.3 Å². The fourth-order valence-electron chi connectivity index (χ4n) is 1.48. The zero-order chi connectivity index (χ0) is 11.5. The molecule has 16 heavy (non-hydrogen) atoms. The third-order valence-electron chi connectivity index (χ3n) is 2.30. The monoisotopic (exact) mass is 271 g/mol. The predicted molar refractivity (Wildman–Crippen MR) is 70.6 cm³/mol. The van der Waals surface area contributed by atoms with Gasteiger partial charge in [0.25, 0.3) is 0 Å². The van der Waals surface area contributed by atoms with Crippen LogP contribution in [-0.2, 0) is 6.42 Å². The summed E-state index contributed by atoms with van der Waals surface area (Å²) in [4.78, 5) is 5.30. The number of thiazole rings is 1. The van der Waals surface area contributed by atoms with Gasteiger partial charge in [-0.25, -0.2) is 4.98 Å². The first-order valence-corrected chi connectivity index (χ1v) is 6.59. The fourth-order valence-corrected chi connectivity index (χ4v) is 2.81. The minimum atomic E-state index is -0.0499. The summed E-state index contributed by atoms with van der Waals surface area (Å²) in [5.74, 6) is 0. The van der Waals surface area contributed by atoms with Gasteiger partial charge in [0.05, 0.1) is 10.4 Å². The largest absolute Gasteiger partial charge is 0.250 e. The molecule has 0 radical (unpaired) electrons. The second-order valence-electron chi connectivity index (χ2n) is 3.54. The second-order valence-corrected chi connectivity index (χ2v) is 5.75. The molecule has 0 aliphatic carbocycles. The Balaban J connectivity index is 2.13. The summed E-state index contributed by atoms with van der Waals surface area (Å²) in [7, 11) is 0. The van der Waals surface area contributed by atoms with Crippen LogP contribution >= 0.6 is 34.5 Å². The van der Waals surface area contributed by atoms with Gasteiger partial charge in [-0.1, -0.05) is 29.8 Å². The average Bonchev–Trinajstić information content (AvgIpc) is 2.68. The molecule has 1 aromatic carbocycles. The summed E-state index contributed by atoms with van der Waals surface area (Å²) in [6, 6.07) is 7.79. The summed E-state index contributed by atoms with van der Waals surface area (Å²) in [6.45, 7) is 1.98. The number of halogens is 2. The molecule has 0 bridgehead atoms. The van der Waals surface area contributed by atoms with Crippen LogP contribution in [0.1, 0.15) is 20.8 Å². The summed E-state index contributed by atoms with van der Waals surface area (Å²) < 4.78 is 0. The molecule has 0 N–H and O–H groups in total. The summed E-state index contributed by atoms with van der Waals surface area (Å²) >= 11 is 14.1. The van der Waals surface area contributed by atoms with Gasteiger partial charge < -0.3 is 0 Å². The Hall–Kier alpha value is -0.570. The van der Waals surface area contributed by atoms with Crippen LogP contribution in [0.4, 0.5) is 0 Å². The molecule has 0 amide bonds. The summed E-state index contributed by atoms with van der Waals surface area (Å²) in [5.41, 5.74) is 1.08. The maximum Gasteiger partial charge on any atom is 0.0897 e. The molecule has 2 aromatic rings. The molecule has 84 valence electrons. The molecule has 0 saturated carbocycles. The number of rotatable bonds is 3. The molecule has 1 atom stereocenters. The van der Waals surface area contributed by atoms with Gasteiger partial charge in [-0.2, -0.15) is 0 Å². The van der Waals surface area contributed by atoms with Crippen molar-refractivity contribution >= 4 is 34.5 Å². The van der Waals surface area contributed by atoms with Gasteiger partial charge in [-0.3, -0.25) is 0 Å². The minimum Gasteiger partial charge on any atom is -0.250 e. The number of nitrogens with zero attached hydrogens (tertiary/aromatic N) is 1. The lowest BCUT2D eigenvalue weighted by Gasteiger charge is -2.08. The van der Waals surface area contributed by atoms with Crippen LogP contribution in [0.2, 0.25) is 5.02 Å². The molecule has 1 aromatic heterocycles. The Morgan fingerprint density at radius 3 is 2.75 bits per heavy atom. The van der Waals surface area contributed by atoms with Crippen molar-refractivity contribution in [3.8, 4) is 0 Å². The third kappa shape index (κ3) is 2.76. The Labute approximate surface area is 109 Å². The highest BCUT2D eigenvalue weighted by Gasteiger charge is 2.13. The average molecular weight is 272 g/mol. The highest BCUT2D eigenvalue weighted by Crippen LogP contribution is 2.31. The Bertz CT molecular complexity index is 481. The van der Waals surface area contributed by atoms with Crippen LogP contribution < -0.4 is 0 Å². The van der Waals surface area contributed by atoms with Crippen molar-refractivity contribution in [2.45, 2.75) is 18.7 Å². The van der Waals surface area contributed by atoms with E-state index in [1.165, 1.54) is 0 Å². The van der Waals surface area contributed by atoms with Crippen LogP contribution in [0.3, 0.4) is 0 Å². The second kappa shape index (κ2) is 5.17. The quantitative estimate of drug-likeness (QED) is 0.742. The van der Waals surface area contributed by atoms with E-state index in [0.717, 1.165) is 26.9 Å². The number of hydrogen-bond acceptors (Lipinski definition) is 2. The van der Waals surface area contributed by atoms with Gasteiger partial charge in [0.1, 0.15) is 0 Å². The molecular formula is C12H11Cl2NS. The first-order valence-electron chi connectivity index (χ1n) is 4.96.